The molecule has 0 spiro atoms. The number of hydrogen-bond donors (Lipinski definition) is 0. The maximum Gasteiger partial charge on any atom is 0.226 e. The Hall–Kier alpha value is -2.89. The second-order valence-corrected chi connectivity index (χ2v) is 7.76. The number of rotatable bonds is 5. The molecule has 0 aliphatic carbocycles. The Bertz CT molecular complexity index is 847. The fraction of sp³-hybridized carbons (Fsp3) is 0.435. The van der Waals surface area contributed by atoms with E-state index in [1.807, 2.05) is 29.2 Å². The highest BCUT2D eigenvalue weighted by atomic mass is 16.5. The monoisotopic (exact) mass is 392 g/mol. The molecular weight excluding hydrogens is 364 g/mol. The van der Waals surface area contributed by atoms with Crippen LogP contribution in [0, 0.1) is 11.8 Å². The summed E-state index contributed by atoms with van der Waals surface area (Å²) in [5.74, 6) is 2.34. The average Bonchev–Trinajstić information content (AvgIpc) is 2.96. The van der Waals surface area contributed by atoms with Gasteiger partial charge in [-0.15, -0.1) is 0 Å². The number of aromatic nitrogens is 2. The lowest BCUT2D eigenvalue weighted by molar-refractivity contribution is -0.137. The molecule has 6 nitrogen and oxygen atoms in total. The van der Waals surface area contributed by atoms with Crippen LogP contribution in [0.4, 0.5) is 5.95 Å². The zero-order chi connectivity index (χ0) is 20.1. The summed E-state index contributed by atoms with van der Waals surface area (Å²) in [4.78, 5) is 26.3. The van der Waals surface area contributed by atoms with Gasteiger partial charge in [-0.05, 0) is 48.9 Å². The van der Waals surface area contributed by atoms with E-state index in [9.17, 15) is 4.79 Å². The largest absolute Gasteiger partial charge is 0.497 e. The minimum absolute atomic E-state index is 0.0539. The zero-order valence-electron chi connectivity index (χ0n) is 16.9. The molecule has 29 heavy (non-hydrogen) atoms. The first kappa shape index (κ1) is 19.4. The minimum atomic E-state index is 0.0539. The van der Waals surface area contributed by atoms with Gasteiger partial charge in [0, 0.05) is 44.5 Å². The molecule has 1 amide bonds. The zero-order valence-corrected chi connectivity index (χ0v) is 16.9. The van der Waals surface area contributed by atoms with E-state index in [1.165, 1.54) is 0 Å². The molecule has 6 heteroatoms. The Kier molecular flexibility index (Phi) is 6.08. The number of carbonyl (C=O) groups excluding carboxylic acids is 1. The number of amides is 1. The summed E-state index contributed by atoms with van der Waals surface area (Å²) >= 11 is 0. The predicted molar refractivity (Wildman–Crippen MR) is 113 cm³/mol. The van der Waals surface area contributed by atoms with Crippen molar-refractivity contribution in [3.8, 4) is 5.75 Å². The van der Waals surface area contributed by atoms with Crippen LogP contribution in [0.5, 0.6) is 5.75 Å². The first-order chi connectivity index (χ1) is 14.2. The van der Waals surface area contributed by atoms with Crippen LogP contribution in [0.15, 0.2) is 54.9 Å². The lowest BCUT2D eigenvalue weighted by Crippen LogP contribution is -2.42. The van der Waals surface area contributed by atoms with Crippen molar-refractivity contribution < 1.29 is 9.53 Å². The van der Waals surface area contributed by atoms with Crippen LogP contribution in [0.1, 0.15) is 24.8 Å². The molecule has 1 atom stereocenters. The van der Waals surface area contributed by atoms with Gasteiger partial charge in [-0.1, -0.05) is 24.3 Å². The quantitative estimate of drug-likeness (QED) is 0.731. The van der Waals surface area contributed by atoms with Gasteiger partial charge in [-0.3, -0.25) is 4.79 Å². The minimum Gasteiger partial charge on any atom is -0.497 e. The molecule has 1 aromatic heterocycles. The van der Waals surface area contributed by atoms with E-state index in [2.05, 4.69) is 33.1 Å². The summed E-state index contributed by atoms with van der Waals surface area (Å²) in [7, 11) is 1.67. The van der Waals surface area contributed by atoms with Crippen molar-refractivity contribution >= 4 is 11.9 Å². The first-order valence-corrected chi connectivity index (χ1v) is 10.3. The van der Waals surface area contributed by atoms with E-state index in [0.29, 0.717) is 19.0 Å². The van der Waals surface area contributed by atoms with Crippen LogP contribution in [0.3, 0.4) is 0 Å². The number of anilines is 1. The molecule has 0 saturated carbocycles. The number of piperidine rings is 1. The van der Waals surface area contributed by atoms with Crippen LogP contribution in [-0.2, 0) is 11.3 Å². The highest BCUT2D eigenvalue weighted by Crippen LogP contribution is 2.32. The predicted octanol–water partition coefficient (Wildman–Crippen LogP) is 3.31. The summed E-state index contributed by atoms with van der Waals surface area (Å²) in [6.45, 7) is 3.09. The standard InChI is InChI=1S/C23H28N4O2/c1-29-20-7-4-6-18(16-20)17-27-13-3-2-8-21(22(27)28)19-9-14-26(15-10-19)23-24-11-5-12-25-23/h2-7,11-12,16,19,21H,8-10,13-15,17H2,1H3/t21-/m1/s1. The Morgan fingerprint density at radius 3 is 2.66 bits per heavy atom. The van der Waals surface area contributed by atoms with E-state index in [-0.39, 0.29) is 11.8 Å². The fourth-order valence-corrected chi connectivity index (χ4v) is 4.35. The number of methoxy groups -OCH3 is 1. The molecule has 0 bridgehead atoms. The molecule has 3 heterocycles. The second kappa shape index (κ2) is 9.07. The molecule has 2 aromatic rings. The van der Waals surface area contributed by atoms with Crippen molar-refractivity contribution in [2.45, 2.75) is 25.8 Å². The van der Waals surface area contributed by atoms with Gasteiger partial charge in [0.2, 0.25) is 11.9 Å². The lowest BCUT2D eigenvalue weighted by atomic mass is 9.81. The third kappa shape index (κ3) is 4.58. The van der Waals surface area contributed by atoms with Crippen LogP contribution >= 0.6 is 0 Å². The number of hydrogen-bond acceptors (Lipinski definition) is 5. The highest BCUT2D eigenvalue weighted by molar-refractivity contribution is 5.80. The normalized spacial score (nSPS) is 20.6. The van der Waals surface area contributed by atoms with Crippen LogP contribution in [-0.4, -0.2) is 47.5 Å². The van der Waals surface area contributed by atoms with Crippen LogP contribution in [0.2, 0.25) is 0 Å². The van der Waals surface area contributed by atoms with Gasteiger partial charge in [-0.2, -0.15) is 0 Å². The SMILES string of the molecule is COc1cccc(CN2CC=CC[C@H](C3CCN(c4ncccn4)CC3)C2=O)c1. The third-order valence-corrected chi connectivity index (χ3v) is 5.96. The Morgan fingerprint density at radius 1 is 1.10 bits per heavy atom. The lowest BCUT2D eigenvalue weighted by Gasteiger charge is -2.36. The first-order valence-electron chi connectivity index (χ1n) is 10.3. The summed E-state index contributed by atoms with van der Waals surface area (Å²) < 4.78 is 5.33. The van der Waals surface area contributed by atoms with E-state index in [1.54, 1.807) is 19.5 Å². The second-order valence-electron chi connectivity index (χ2n) is 7.76. The van der Waals surface area contributed by atoms with Gasteiger partial charge in [0.1, 0.15) is 5.75 Å². The average molecular weight is 393 g/mol. The molecular formula is C23H28N4O2. The van der Waals surface area contributed by atoms with Crippen LogP contribution < -0.4 is 9.64 Å². The molecule has 2 aliphatic rings. The van der Waals surface area contributed by atoms with Crippen molar-refractivity contribution in [3.63, 3.8) is 0 Å². The van der Waals surface area contributed by atoms with Crippen molar-refractivity contribution in [3.05, 3.63) is 60.4 Å². The van der Waals surface area contributed by atoms with E-state index in [4.69, 9.17) is 4.74 Å². The molecule has 0 N–H and O–H groups in total. The number of nitrogens with zero attached hydrogens (tertiary/aromatic N) is 4. The van der Waals surface area contributed by atoms with E-state index >= 15 is 0 Å². The number of benzene rings is 1. The molecule has 0 radical (unpaired) electrons. The van der Waals surface area contributed by atoms with E-state index in [0.717, 1.165) is 49.6 Å². The fourth-order valence-electron chi connectivity index (χ4n) is 4.35. The summed E-state index contributed by atoms with van der Waals surface area (Å²) in [6, 6.07) is 9.81. The molecule has 4 rings (SSSR count). The van der Waals surface area contributed by atoms with Crippen molar-refractivity contribution in [1.29, 1.82) is 0 Å². The van der Waals surface area contributed by atoms with Gasteiger partial charge >= 0.3 is 0 Å². The number of allylic oxidation sites excluding steroid dienone is 1. The number of carbonyl (C=O) groups is 1. The van der Waals surface area contributed by atoms with E-state index < -0.39 is 0 Å². The summed E-state index contributed by atoms with van der Waals surface area (Å²) in [5, 5.41) is 0. The molecule has 0 unspecified atom stereocenters. The van der Waals surface area contributed by atoms with Gasteiger partial charge in [0.25, 0.3) is 0 Å². The molecule has 152 valence electrons. The van der Waals surface area contributed by atoms with Crippen LogP contribution in [0.25, 0.3) is 0 Å². The molecule has 1 saturated heterocycles. The molecule has 1 aromatic carbocycles. The Morgan fingerprint density at radius 2 is 1.90 bits per heavy atom. The van der Waals surface area contributed by atoms with Gasteiger partial charge in [0.05, 0.1) is 7.11 Å². The number of ether oxygens (including phenoxy) is 1. The highest BCUT2D eigenvalue weighted by Gasteiger charge is 2.34. The van der Waals surface area contributed by atoms with Crippen molar-refractivity contribution in [2.75, 3.05) is 31.6 Å². The van der Waals surface area contributed by atoms with Gasteiger partial charge < -0.3 is 14.5 Å². The topological polar surface area (TPSA) is 58.6 Å². The molecule has 1 fully saturated rings. The third-order valence-electron chi connectivity index (χ3n) is 5.96. The Balaban J connectivity index is 1.41. The van der Waals surface area contributed by atoms with Gasteiger partial charge in [-0.25, -0.2) is 9.97 Å². The summed E-state index contributed by atoms with van der Waals surface area (Å²) in [6.07, 6.45) is 10.7. The molecule has 2 aliphatic heterocycles. The Labute approximate surface area is 172 Å². The summed E-state index contributed by atoms with van der Waals surface area (Å²) in [5.41, 5.74) is 1.10. The maximum absolute atomic E-state index is 13.4. The van der Waals surface area contributed by atoms with Crippen molar-refractivity contribution in [2.24, 2.45) is 11.8 Å². The maximum atomic E-state index is 13.4. The smallest absolute Gasteiger partial charge is 0.226 e. The van der Waals surface area contributed by atoms with Crippen molar-refractivity contribution in [1.82, 2.24) is 14.9 Å². The van der Waals surface area contributed by atoms with Gasteiger partial charge in [0.15, 0.2) is 0 Å².